The van der Waals surface area contributed by atoms with E-state index >= 15 is 0 Å². The molecule has 9 heteroatoms. The maximum Gasteiger partial charge on any atom is 0.341 e. The predicted octanol–water partition coefficient (Wildman–Crippen LogP) is 3.53. The Morgan fingerprint density at radius 2 is 1.92 bits per heavy atom. The Labute approximate surface area is 147 Å². The number of carbonyl (C=O) groups excluding carboxylic acids is 1. The standard InChI is InChI=1S/C17H13N3O6/c1-10-18-16(19-26-10)11-3-6-13(7-4-11)25-15-8-5-12(20(22)23)9-14(15)17(21)24-2/h3-9H,1-2H3. The highest BCUT2D eigenvalue weighted by atomic mass is 16.6. The van der Waals surface area contributed by atoms with E-state index in [2.05, 4.69) is 14.9 Å². The van der Waals surface area contributed by atoms with Crippen molar-refractivity contribution in [2.45, 2.75) is 6.92 Å². The number of nitro groups is 1. The van der Waals surface area contributed by atoms with Crippen molar-refractivity contribution in [1.29, 1.82) is 0 Å². The Balaban J connectivity index is 1.88. The highest BCUT2D eigenvalue weighted by molar-refractivity contribution is 5.93. The minimum atomic E-state index is -0.734. The number of ether oxygens (including phenoxy) is 2. The topological polar surface area (TPSA) is 118 Å². The van der Waals surface area contributed by atoms with Crippen molar-refractivity contribution in [3.63, 3.8) is 0 Å². The number of hydrogen-bond donors (Lipinski definition) is 0. The van der Waals surface area contributed by atoms with Gasteiger partial charge in [0, 0.05) is 24.6 Å². The molecule has 132 valence electrons. The monoisotopic (exact) mass is 355 g/mol. The van der Waals surface area contributed by atoms with Crippen LogP contribution < -0.4 is 4.74 Å². The minimum Gasteiger partial charge on any atom is -0.465 e. The van der Waals surface area contributed by atoms with E-state index in [1.807, 2.05) is 0 Å². The first-order valence-corrected chi connectivity index (χ1v) is 7.43. The smallest absolute Gasteiger partial charge is 0.341 e. The van der Waals surface area contributed by atoms with Crippen molar-refractivity contribution in [2.75, 3.05) is 7.11 Å². The lowest BCUT2D eigenvalue weighted by Crippen LogP contribution is -2.04. The molecule has 0 aliphatic rings. The van der Waals surface area contributed by atoms with Gasteiger partial charge in [-0.1, -0.05) is 5.16 Å². The van der Waals surface area contributed by atoms with Crippen LogP contribution in [0.2, 0.25) is 0 Å². The third-order valence-electron chi connectivity index (χ3n) is 3.45. The van der Waals surface area contributed by atoms with Crippen molar-refractivity contribution < 1.29 is 23.7 Å². The number of carbonyl (C=O) groups is 1. The highest BCUT2D eigenvalue weighted by Gasteiger charge is 2.19. The fourth-order valence-electron chi connectivity index (χ4n) is 2.21. The molecule has 26 heavy (non-hydrogen) atoms. The van der Waals surface area contributed by atoms with Gasteiger partial charge < -0.3 is 14.0 Å². The summed E-state index contributed by atoms with van der Waals surface area (Å²) in [4.78, 5) is 26.3. The SMILES string of the molecule is COC(=O)c1cc([N+](=O)[O-])ccc1Oc1ccc(-c2noc(C)n2)cc1. The van der Waals surface area contributed by atoms with Gasteiger partial charge in [0.1, 0.15) is 17.1 Å². The van der Waals surface area contributed by atoms with Crippen LogP contribution in [0.25, 0.3) is 11.4 Å². The summed E-state index contributed by atoms with van der Waals surface area (Å²) in [5.74, 6) is 0.731. The van der Waals surface area contributed by atoms with Gasteiger partial charge in [-0.3, -0.25) is 10.1 Å². The van der Waals surface area contributed by atoms with Crippen LogP contribution in [0.3, 0.4) is 0 Å². The van der Waals surface area contributed by atoms with Gasteiger partial charge >= 0.3 is 5.97 Å². The second-order valence-electron chi connectivity index (χ2n) is 5.19. The van der Waals surface area contributed by atoms with Crippen LogP contribution in [0, 0.1) is 17.0 Å². The maximum absolute atomic E-state index is 11.9. The molecule has 0 atom stereocenters. The molecule has 0 spiro atoms. The molecular formula is C17H13N3O6. The van der Waals surface area contributed by atoms with E-state index < -0.39 is 10.9 Å². The predicted molar refractivity (Wildman–Crippen MR) is 89.0 cm³/mol. The van der Waals surface area contributed by atoms with Crippen LogP contribution >= 0.6 is 0 Å². The Morgan fingerprint density at radius 1 is 1.19 bits per heavy atom. The molecule has 1 aromatic heterocycles. The molecule has 0 radical (unpaired) electrons. The van der Waals surface area contributed by atoms with Crippen LogP contribution in [0.4, 0.5) is 5.69 Å². The Kier molecular flexibility index (Phi) is 4.61. The van der Waals surface area contributed by atoms with Gasteiger partial charge in [-0.25, -0.2) is 4.79 Å². The van der Waals surface area contributed by atoms with E-state index in [-0.39, 0.29) is 17.0 Å². The van der Waals surface area contributed by atoms with Crippen LogP contribution in [0.5, 0.6) is 11.5 Å². The molecule has 0 amide bonds. The summed E-state index contributed by atoms with van der Waals surface area (Å²) in [6, 6.07) is 10.5. The fraction of sp³-hybridized carbons (Fsp3) is 0.118. The lowest BCUT2D eigenvalue weighted by atomic mass is 10.1. The fourth-order valence-corrected chi connectivity index (χ4v) is 2.21. The van der Waals surface area contributed by atoms with Crippen molar-refractivity contribution in [3.05, 3.63) is 64.0 Å². The zero-order valence-electron chi connectivity index (χ0n) is 13.8. The first-order valence-electron chi connectivity index (χ1n) is 7.43. The van der Waals surface area contributed by atoms with E-state index in [1.54, 1.807) is 31.2 Å². The molecule has 0 saturated carbocycles. The number of nitro benzene ring substituents is 1. The van der Waals surface area contributed by atoms with E-state index in [0.29, 0.717) is 17.5 Å². The first-order chi connectivity index (χ1) is 12.5. The second-order valence-corrected chi connectivity index (χ2v) is 5.19. The van der Waals surface area contributed by atoms with Crippen LogP contribution in [0.1, 0.15) is 16.2 Å². The van der Waals surface area contributed by atoms with Crippen molar-refractivity contribution in [2.24, 2.45) is 0 Å². The molecule has 3 rings (SSSR count). The molecule has 0 bridgehead atoms. The number of nitrogens with zero attached hydrogens (tertiary/aromatic N) is 3. The van der Waals surface area contributed by atoms with Crippen LogP contribution in [0.15, 0.2) is 47.0 Å². The summed E-state index contributed by atoms with van der Waals surface area (Å²) in [7, 11) is 1.19. The van der Waals surface area contributed by atoms with Gasteiger partial charge in [-0.05, 0) is 30.3 Å². The summed E-state index contributed by atoms with van der Waals surface area (Å²) in [5.41, 5.74) is 0.450. The number of benzene rings is 2. The number of hydrogen-bond acceptors (Lipinski definition) is 8. The van der Waals surface area contributed by atoms with Gasteiger partial charge in [0.05, 0.1) is 12.0 Å². The lowest BCUT2D eigenvalue weighted by Gasteiger charge is -2.10. The molecule has 1 heterocycles. The Hall–Kier alpha value is -3.75. The average Bonchev–Trinajstić information content (AvgIpc) is 3.08. The molecule has 9 nitrogen and oxygen atoms in total. The molecule has 3 aromatic rings. The summed E-state index contributed by atoms with van der Waals surface area (Å²) in [5, 5.41) is 14.7. The number of aromatic nitrogens is 2. The van der Waals surface area contributed by atoms with Gasteiger partial charge in [0.25, 0.3) is 5.69 Å². The summed E-state index contributed by atoms with van der Waals surface area (Å²) < 4.78 is 15.3. The third kappa shape index (κ3) is 3.51. The number of rotatable bonds is 5. The number of aryl methyl sites for hydroxylation is 1. The molecular weight excluding hydrogens is 342 g/mol. The van der Waals surface area contributed by atoms with E-state index in [1.165, 1.54) is 19.2 Å². The number of non-ortho nitro benzene ring substituents is 1. The maximum atomic E-state index is 11.9. The molecule has 0 fully saturated rings. The summed E-state index contributed by atoms with van der Waals surface area (Å²) in [6.07, 6.45) is 0. The average molecular weight is 355 g/mol. The Morgan fingerprint density at radius 3 is 2.50 bits per heavy atom. The zero-order chi connectivity index (χ0) is 18.7. The normalized spacial score (nSPS) is 10.4. The second kappa shape index (κ2) is 7.01. The number of methoxy groups -OCH3 is 1. The molecule has 0 aliphatic heterocycles. The van der Waals surface area contributed by atoms with Gasteiger partial charge in [-0.2, -0.15) is 4.98 Å². The van der Waals surface area contributed by atoms with Crippen LogP contribution in [-0.4, -0.2) is 28.1 Å². The molecule has 0 aliphatic carbocycles. The van der Waals surface area contributed by atoms with Crippen molar-refractivity contribution >= 4 is 11.7 Å². The van der Waals surface area contributed by atoms with Gasteiger partial charge in [0.2, 0.25) is 11.7 Å². The van der Waals surface area contributed by atoms with Gasteiger partial charge in [-0.15, -0.1) is 0 Å². The summed E-state index contributed by atoms with van der Waals surface area (Å²) in [6.45, 7) is 1.69. The lowest BCUT2D eigenvalue weighted by molar-refractivity contribution is -0.384. The van der Waals surface area contributed by atoms with E-state index in [9.17, 15) is 14.9 Å². The first kappa shape index (κ1) is 17.1. The zero-order valence-corrected chi connectivity index (χ0v) is 13.8. The van der Waals surface area contributed by atoms with E-state index in [0.717, 1.165) is 11.6 Å². The Bertz CT molecular complexity index is 965. The molecule has 2 aromatic carbocycles. The molecule has 0 unspecified atom stereocenters. The third-order valence-corrected chi connectivity index (χ3v) is 3.45. The molecule has 0 saturated heterocycles. The minimum absolute atomic E-state index is 0.0421. The van der Waals surface area contributed by atoms with Crippen molar-refractivity contribution in [1.82, 2.24) is 10.1 Å². The summed E-state index contributed by atoms with van der Waals surface area (Å²) >= 11 is 0. The number of esters is 1. The van der Waals surface area contributed by atoms with E-state index in [4.69, 9.17) is 9.26 Å². The highest BCUT2D eigenvalue weighted by Crippen LogP contribution is 2.30. The van der Waals surface area contributed by atoms with Crippen LogP contribution in [-0.2, 0) is 4.74 Å². The van der Waals surface area contributed by atoms with Crippen molar-refractivity contribution in [3.8, 4) is 22.9 Å². The van der Waals surface area contributed by atoms with Gasteiger partial charge in [0.15, 0.2) is 0 Å². The largest absolute Gasteiger partial charge is 0.465 e. The molecule has 0 N–H and O–H groups in total. The quantitative estimate of drug-likeness (QED) is 0.387.